The second-order valence-corrected chi connectivity index (χ2v) is 8.55. The van der Waals surface area contributed by atoms with Crippen molar-refractivity contribution in [3.05, 3.63) is 30.1 Å². The second kappa shape index (κ2) is 6.85. The smallest absolute Gasteiger partial charge is 0.216 e. The first-order valence-corrected chi connectivity index (χ1v) is 9.03. The normalized spacial score (nSPS) is 24.4. The summed E-state index contributed by atoms with van der Waals surface area (Å²) in [5, 5.41) is 3.20. The van der Waals surface area contributed by atoms with Gasteiger partial charge in [0.15, 0.2) is 0 Å². The Morgan fingerprint density at radius 1 is 1.38 bits per heavy atom. The SMILES string of the molecule is CC(C)S(=O)(=O)N1CC[C@H](NCc2ccncc2)[C@H](C)C1. The highest BCUT2D eigenvalue weighted by Crippen LogP contribution is 2.21. The lowest BCUT2D eigenvalue weighted by Gasteiger charge is -2.37. The lowest BCUT2D eigenvalue weighted by molar-refractivity contribution is 0.218. The molecule has 2 atom stereocenters. The molecule has 1 N–H and O–H groups in total. The maximum atomic E-state index is 12.2. The van der Waals surface area contributed by atoms with Crippen molar-refractivity contribution in [3.63, 3.8) is 0 Å². The molecule has 0 radical (unpaired) electrons. The predicted octanol–water partition coefficient (Wildman–Crippen LogP) is 1.62. The van der Waals surface area contributed by atoms with Crippen LogP contribution < -0.4 is 5.32 Å². The Morgan fingerprint density at radius 2 is 2.05 bits per heavy atom. The standard InChI is InChI=1S/C15H25N3O2S/c1-12(2)21(19,20)18-9-6-15(13(3)11-18)17-10-14-4-7-16-8-5-14/h4-5,7-8,12-13,15,17H,6,9-11H2,1-3H3/t13-,15+/m1/s1. The fourth-order valence-corrected chi connectivity index (χ4v) is 4.09. The van der Waals surface area contributed by atoms with Gasteiger partial charge in [0, 0.05) is 38.1 Å². The molecule has 1 fully saturated rings. The zero-order valence-corrected chi connectivity index (χ0v) is 13.8. The monoisotopic (exact) mass is 311 g/mol. The van der Waals surface area contributed by atoms with Crippen molar-refractivity contribution in [2.45, 2.75) is 45.0 Å². The van der Waals surface area contributed by atoms with Gasteiger partial charge in [-0.3, -0.25) is 4.98 Å². The van der Waals surface area contributed by atoms with Crippen LogP contribution in [0.4, 0.5) is 0 Å². The van der Waals surface area contributed by atoms with Crippen molar-refractivity contribution in [2.24, 2.45) is 5.92 Å². The molecule has 0 spiro atoms. The van der Waals surface area contributed by atoms with E-state index >= 15 is 0 Å². The van der Waals surface area contributed by atoms with E-state index in [0.717, 1.165) is 13.0 Å². The molecule has 0 bridgehead atoms. The first-order chi connectivity index (χ1) is 9.91. The van der Waals surface area contributed by atoms with Gasteiger partial charge < -0.3 is 5.32 Å². The highest BCUT2D eigenvalue weighted by atomic mass is 32.2. The number of hydrogen-bond donors (Lipinski definition) is 1. The van der Waals surface area contributed by atoms with Crippen LogP contribution in [0.2, 0.25) is 0 Å². The summed E-state index contributed by atoms with van der Waals surface area (Å²) < 4.78 is 26.1. The lowest BCUT2D eigenvalue weighted by atomic mass is 9.95. The number of pyridine rings is 1. The fourth-order valence-electron chi connectivity index (χ4n) is 2.69. The van der Waals surface area contributed by atoms with Gasteiger partial charge in [-0.15, -0.1) is 0 Å². The summed E-state index contributed by atoms with van der Waals surface area (Å²) >= 11 is 0. The van der Waals surface area contributed by atoms with Gasteiger partial charge in [0.2, 0.25) is 10.0 Å². The van der Waals surface area contributed by atoms with Crippen molar-refractivity contribution >= 4 is 10.0 Å². The second-order valence-electron chi connectivity index (χ2n) is 6.06. The number of nitrogens with zero attached hydrogens (tertiary/aromatic N) is 2. The average molecular weight is 311 g/mol. The highest BCUT2D eigenvalue weighted by molar-refractivity contribution is 7.89. The van der Waals surface area contributed by atoms with Gasteiger partial charge in [-0.2, -0.15) is 0 Å². The molecule has 2 rings (SSSR count). The minimum Gasteiger partial charge on any atom is -0.310 e. The molecule has 0 unspecified atom stereocenters. The minimum atomic E-state index is -3.13. The fraction of sp³-hybridized carbons (Fsp3) is 0.667. The number of hydrogen-bond acceptors (Lipinski definition) is 4. The molecule has 1 aromatic rings. The van der Waals surface area contributed by atoms with Crippen LogP contribution in [0.25, 0.3) is 0 Å². The molecule has 1 aromatic heterocycles. The van der Waals surface area contributed by atoms with Crippen molar-refractivity contribution in [2.75, 3.05) is 13.1 Å². The van der Waals surface area contributed by atoms with Crippen LogP contribution in [0.3, 0.4) is 0 Å². The molecule has 1 aliphatic heterocycles. The van der Waals surface area contributed by atoms with E-state index in [1.165, 1.54) is 5.56 Å². The molecule has 1 saturated heterocycles. The lowest BCUT2D eigenvalue weighted by Crippen LogP contribution is -2.51. The van der Waals surface area contributed by atoms with Crippen molar-refractivity contribution in [3.8, 4) is 0 Å². The van der Waals surface area contributed by atoms with Gasteiger partial charge in [-0.1, -0.05) is 6.92 Å². The van der Waals surface area contributed by atoms with Crippen LogP contribution in [0.1, 0.15) is 32.8 Å². The number of piperidine rings is 1. The summed E-state index contributed by atoms with van der Waals surface area (Å²) in [7, 11) is -3.13. The third-order valence-corrected chi connectivity index (χ3v) is 6.38. The summed E-state index contributed by atoms with van der Waals surface area (Å²) in [6.45, 7) is 7.62. The maximum Gasteiger partial charge on any atom is 0.216 e. The first kappa shape index (κ1) is 16.4. The molecule has 5 nitrogen and oxygen atoms in total. The quantitative estimate of drug-likeness (QED) is 0.897. The van der Waals surface area contributed by atoms with Crippen LogP contribution >= 0.6 is 0 Å². The summed E-state index contributed by atoms with van der Waals surface area (Å²) in [5.41, 5.74) is 1.20. The highest BCUT2D eigenvalue weighted by Gasteiger charge is 2.33. The molecule has 0 aromatic carbocycles. The van der Waals surface area contributed by atoms with Crippen LogP contribution in [0.5, 0.6) is 0 Å². The topological polar surface area (TPSA) is 62.3 Å². The number of rotatable bonds is 5. The van der Waals surface area contributed by atoms with Gasteiger partial charge in [0.25, 0.3) is 0 Å². The van der Waals surface area contributed by atoms with E-state index in [4.69, 9.17) is 0 Å². The van der Waals surface area contributed by atoms with Crippen LogP contribution in [-0.4, -0.2) is 42.1 Å². The Bertz CT molecular complexity index is 545. The van der Waals surface area contributed by atoms with Gasteiger partial charge in [0.1, 0.15) is 0 Å². The average Bonchev–Trinajstić information content (AvgIpc) is 2.46. The Balaban J connectivity index is 1.90. The first-order valence-electron chi connectivity index (χ1n) is 7.52. The molecule has 6 heteroatoms. The van der Waals surface area contributed by atoms with Gasteiger partial charge in [-0.05, 0) is 43.9 Å². The summed E-state index contributed by atoms with van der Waals surface area (Å²) in [6.07, 6.45) is 4.44. The van der Waals surface area contributed by atoms with E-state index < -0.39 is 10.0 Å². The van der Waals surface area contributed by atoms with Gasteiger partial charge >= 0.3 is 0 Å². The molecule has 0 aliphatic carbocycles. The Labute approximate surface area is 127 Å². The van der Waals surface area contributed by atoms with E-state index in [1.807, 2.05) is 12.1 Å². The number of nitrogens with one attached hydrogen (secondary N) is 1. The van der Waals surface area contributed by atoms with Crippen molar-refractivity contribution in [1.29, 1.82) is 0 Å². The van der Waals surface area contributed by atoms with E-state index in [2.05, 4.69) is 17.2 Å². The largest absolute Gasteiger partial charge is 0.310 e. The van der Waals surface area contributed by atoms with E-state index in [-0.39, 0.29) is 5.25 Å². The zero-order chi connectivity index (χ0) is 15.5. The Morgan fingerprint density at radius 3 is 2.62 bits per heavy atom. The minimum absolute atomic E-state index is 0.314. The molecule has 0 amide bonds. The molecular formula is C15H25N3O2S. The van der Waals surface area contributed by atoms with Gasteiger partial charge in [0.05, 0.1) is 5.25 Å². The third kappa shape index (κ3) is 4.02. The Kier molecular flexibility index (Phi) is 5.35. The molecular weight excluding hydrogens is 286 g/mol. The van der Waals surface area contributed by atoms with Gasteiger partial charge in [-0.25, -0.2) is 12.7 Å². The van der Waals surface area contributed by atoms with Crippen molar-refractivity contribution < 1.29 is 8.42 Å². The number of sulfonamides is 1. The van der Waals surface area contributed by atoms with Crippen LogP contribution in [0, 0.1) is 5.92 Å². The summed E-state index contributed by atoms with van der Waals surface area (Å²) in [5.74, 6) is 0.314. The number of aromatic nitrogens is 1. The summed E-state index contributed by atoms with van der Waals surface area (Å²) in [4.78, 5) is 4.01. The Hall–Kier alpha value is -0.980. The van der Waals surface area contributed by atoms with E-state index in [1.54, 1.807) is 30.5 Å². The predicted molar refractivity (Wildman–Crippen MR) is 84.3 cm³/mol. The molecule has 118 valence electrons. The van der Waals surface area contributed by atoms with Crippen molar-refractivity contribution in [1.82, 2.24) is 14.6 Å². The zero-order valence-electron chi connectivity index (χ0n) is 13.0. The molecule has 21 heavy (non-hydrogen) atoms. The van der Waals surface area contributed by atoms with E-state index in [9.17, 15) is 8.42 Å². The van der Waals surface area contributed by atoms with Crippen LogP contribution in [0.15, 0.2) is 24.5 Å². The summed E-state index contributed by atoms with van der Waals surface area (Å²) in [6, 6.07) is 4.35. The molecule has 0 saturated carbocycles. The van der Waals surface area contributed by atoms with Crippen LogP contribution in [-0.2, 0) is 16.6 Å². The molecule has 2 heterocycles. The molecule has 1 aliphatic rings. The van der Waals surface area contributed by atoms with E-state index in [0.29, 0.717) is 25.0 Å². The third-order valence-electron chi connectivity index (χ3n) is 4.14. The maximum absolute atomic E-state index is 12.2.